The Labute approximate surface area is 99.9 Å². The summed E-state index contributed by atoms with van der Waals surface area (Å²) in [6.07, 6.45) is -0.472. The Bertz CT molecular complexity index is 294. The van der Waals surface area contributed by atoms with Crippen molar-refractivity contribution >= 4 is 5.91 Å². The summed E-state index contributed by atoms with van der Waals surface area (Å²) >= 11 is 0. The summed E-state index contributed by atoms with van der Waals surface area (Å²) in [4.78, 5) is 13.6. The molecule has 2 N–H and O–H groups in total. The molecule has 6 heteroatoms. The molecule has 2 heterocycles. The van der Waals surface area contributed by atoms with Gasteiger partial charge in [-0.25, -0.2) is 4.39 Å². The lowest BCUT2D eigenvalue weighted by Gasteiger charge is -2.34. The zero-order chi connectivity index (χ0) is 12.5. The summed E-state index contributed by atoms with van der Waals surface area (Å²) in [6, 6.07) is -0.331. The van der Waals surface area contributed by atoms with Crippen molar-refractivity contribution in [3.63, 3.8) is 0 Å². The van der Waals surface area contributed by atoms with Gasteiger partial charge in [0.2, 0.25) is 0 Å². The predicted octanol–water partition coefficient (Wildman–Crippen LogP) is -0.704. The van der Waals surface area contributed by atoms with Crippen LogP contribution >= 0.6 is 0 Å². The number of rotatable bonds is 2. The van der Waals surface area contributed by atoms with E-state index in [2.05, 4.69) is 5.32 Å². The lowest BCUT2D eigenvalue weighted by molar-refractivity contribution is -0.159. The number of aliphatic hydroxyl groups is 1. The van der Waals surface area contributed by atoms with E-state index in [0.717, 1.165) is 0 Å². The Kier molecular flexibility index (Phi) is 3.65. The van der Waals surface area contributed by atoms with Crippen molar-refractivity contribution in [2.24, 2.45) is 0 Å². The quantitative estimate of drug-likeness (QED) is 0.676. The van der Waals surface area contributed by atoms with Gasteiger partial charge in [0.1, 0.15) is 11.8 Å². The van der Waals surface area contributed by atoms with Crippen LogP contribution in [0.25, 0.3) is 0 Å². The lowest BCUT2D eigenvalue weighted by Crippen LogP contribution is -2.51. The SMILES string of the molecule is CN[C@@H]1CN(C(=O)C2(O)CCOCC2)C[C@@H]1F. The number of halogens is 1. The summed E-state index contributed by atoms with van der Waals surface area (Å²) in [7, 11) is 1.67. The Morgan fingerprint density at radius 1 is 1.47 bits per heavy atom. The van der Waals surface area contributed by atoms with Crippen LogP contribution in [0.3, 0.4) is 0 Å². The van der Waals surface area contributed by atoms with Crippen molar-refractivity contribution in [2.45, 2.75) is 30.7 Å². The number of nitrogens with one attached hydrogen (secondary N) is 1. The Morgan fingerprint density at radius 3 is 2.65 bits per heavy atom. The average Bonchev–Trinajstić information content (AvgIpc) is 2.70. The molecular formula is C11H19FN2O3. The number of hydrogen-bond acceptors (Lipinski definition) is 4. The van der Waals surface area contributed by atoms with E-state index in [1.807, 2.05) is 0 Å². The maximum atomic E-state index is 13.5. The molecular weight excluding hydrogens is 227 g/mol. The molecule has 0 bridgehead atoms. The van der Waals surface area contributed by atoms with Crippen molar-refractivity contribution in [3.8, 4) is 0 Å². The molecule has 0 aromatic heterocycles. The molecule has 0 saturated carbocycles. The molecule has 2 aliphatic rings. The van der Waals surface area contributed by atoms with Gasteiger partial charge >= 0.3 is 0 Å². The first-order chi connectivity index (χ1) is 8.07. The average molecular weight is 246 g/mol. The molecule has 98 valence electrons. The lowest BCUT2D eigenvalue weighted by atomic mass is 9.93. The highest BCUT2D eigenvalue weighted by Gasteiger charge is 2.44. The third-order valence-corrected chi connectivity index (χ3v) is 3.62. The minimum atomic E-state index is -1.36. The van der Waals surface area contributed by atoms with Crippen LogP contribution in [0.4, 0.5) is 4.39 Å². The van der Waals surface area contributed by atoms with Gasteiger partial charge in [-0.15, -0.1) is 0 Å². The number of likely N-dealkylation sites (tertiary alicyclic amines) is 1. The zero-order valence-corrected chi connectivity index (χ0v) is 9.99. The number of ether oxygens (including phenoxy) is 1. The van der Waals surface area contributed by atoms with Crippen molar-refractivity contribution in [3.05, 3.63) is 0 Å². The fraction of sp³-hybridized carbons (Fsp3) is 0.909. The monoisotopic (exact) mass is 246 g/mol. The van der Waals surface area contributed by atoms with Gasteiger partial charge in [-0.1, -0.05) is 0 Å². The molecule has 2 rings (SSSR count). The first-order valence-electron chi connectivity index (χ1n) is 5.97. The van der Waals surface area contributed by atoms with E-state index >= 15 is 0 Å². The van der Waals surface area contributed by atoms with Crippen LogP contribution in [0.2, 0.25) is 0 Å². The molecule has 0 aromatic rings. The van der Waals surface area contributed by atoms with Crippen LogP contribution in [0.1, 0.15) is 12.8 Å². The minimum absolute atomic E-state index is 0.0630. The van der Waals surface area contributed by atoms with Gasteiger partial charge in [-0.05, 0) is 7.05 Å². The number of amides is 1. The van der Waals surface area contributed by atoms with E-state index in [4.69, 9.17) is 4.74 Å². The topological polar surface area (TPSA) is 61.8 Å². The maximum Gasteiger partial charge on any atom is 0.254 e. The fourth-order valence-electron chi connectivity index (χ4n) is 2.42. The molecule has 5 nitrogen and oxygen atoms in total. The van der Waals surface area contributed by atoms with Crippen molar-refractivity contribution < 1.29 is 19.0 Å². The first-order valence-corrected chi connectivity index (χ1v) is 5.97. The van der Waals surface area contributed by atoms with E-state index in [1.165, 1.54) is 4.90 Å². The number of carbonyl (C=O) groups is 1. The molecule has 17 heavy (non-hydrogen) atoms. The van der Waals surface area contributed by atoms with Crippen LogP contribution in [0, 0.1) is 0 Å². The van der Waals surface area contributed by atoms with Crippen LogP contribution < -0.4 is 5.32 Å². The van der Waals surface area contributed by atoms with E-state index in [1.54, 1.807) is 7.05 Å². The zero-order valence-electron chi connectivity index (χ0n) is 9.99. The molecule has 0 spiro atoms. The van der Waals surface area contributed by atoms with E-state index in [9.17, 15) is 14.3 Å². The largest absolute Gasteiger partial charge is 0.381 e. The highest BCUT2D eigenvalue weighted by molar-refractivity contribution is 5.85. The third kappa shape index (κ3) is 2.43. The molecule has 2 aliphatic heterocycles. The number of likely N-dealkylation sites (N-methyl/N-ethyl adjacent to an activating group) is 1. The van der Waals surface area contributed by atoms with Crippen LogP contribution in [0.5, 0.6) is 0 Å². The summed E-state index contributed by atoms with van der Waals surface area (Å²) in [5.41, 5.74) is -1.36. The van der Waals surface area contributed by atoms with Crippen molar-refractivity contribution in [1.82, 2.24) is 10.2 Å². The molecule has 0 radical (unpaired) electrons. The van der Waals surface area contributed by atoms with Crippen LogP contribution in [0.15, 0.2) is 0 Å². The fourth-order valence-corrected chi connectivity index (χ4v) is 2.42. The molecule has 2 saturated heterocycles. The van der Waals surface area contributed by atoms with E-state index < -0.39 is 11.8 Å². The standard InChI is InChI=1S/C11H19FN2O3/c1-13-9-7-14(6-8(9)12)10(15)11(16)2-4-17-5-3-11/h8-9,13,16H,2-7H2,1H3/t8-,9+/m0/s1. The summed E-state index contributed by atoms with van der Waals surface area (Å²) < 4.78 is 18.7. The first kappa shape index (κ1) is 12.7. The summed E-state index contributed by atoms with van der Waals surface area (Å²) in [6.45, 7) is 1.14. The molecule has 2 atom stereocenters. The third-order valence-electron chi connectivity index (χ3n) is 3.62. The molecule has 0 aliphatic carbocycles. The van der Waals surface area contributed by atoms with Crippen LogP contribution in [-0.4, -0.2) is 67.1 Å². The second-order valence-electron chi connectivity index (χ2n) is 4.77. The highest BCUT2D eigenvalue weighted by Crippen LogP contribution is 2.25. The number of nitrogens with zero attached hydrogens (tertiary/aromatic N) is 1. The van der Waals surface area contributed by atoms with Gasteiger partial charge in [-0.3, -0.25) is 4.79 Å². The van der Waals surface area contributed by atoms with Gasteiger partial charge in [0.15, 0.2) is 0 Å². The highest BCUT2D eigenvalue weighted by atomic mass is 19.1. The molecule has 2 fully saturated rings. The predicted molar refractivity (Wildman–Crippen MR) is 59.3 cm³/mol. The van der Waals surface area contributed by atoms with Gasteiger partial charge in [0.05, 0.1) is 12.6 Å². The van der Waals surface area contributed by atoms with Crippen LogP contribution in [-0.2, 0) is 9.53 Å². The smallest absolute Gasteiger partial charge is 0.254 e. The Balaban J connectivity index is 2.00. The molecule has 0 unspecified atom stereocenters. The number of hydrogen-bond donors (Lipinski definition) is 2. The molecule has 1 amide bonds. The number of carbonyl (C=O) groups excluding carboxylic acids is 1. The van der Waals surface area contributed by atoms with E-state index in [0.29, 0.717) is 32.6 Å². The Hall–Kier alpha value is -0.720. The van der Waals surface area contributed by atoms with Gasteiger partial charge < -0.3 is 20.1 Å². The second-order valence-corrected chi connectivity index (χ2v) is 4.77. The Morgan fingerprint density at radius 2 is 2.12 bits per heavy atom. The van der Waals surface area contributed by atoms with Gasteiger partial charge in [0, 0.05) is 32.6 Å². The van der Waals surface area contributed by atoms with Crippen molar-refractivity contribution in [2.75, 3.05) is 33.4 Å². The molecule has 0 aromatic carbocycles. The van der Waals surface area contributed by atoms with Crippen molar-refractivity contribution in [1.29, 1.82) is 0 Å². The minimum Gasteiger partial charge on any atom is -0.381 e. The maximum absolute atomic E-state index is 13.5. The second kappa shape index (κ2) is 4.88. The summed E-state index contributed by atoms with van der Waals surface area (Å²) in [5.74, 6) is -0.360. The van der Waals surface area contributed by atoms with Gasteiger partial charge in [-0.2, -0.15) is 0 Å². The van der Waals surface area contributed by atoms with E-state index in [-0.39, 0.29) is 18.5 Å². The number of alkyl halides is 1. The normalized spacial score (nSPS) is 32.8. The van der Waals surface area contributed by atoms with Gasteiger partial charge in [0.25, 0.3) is 5.91 Å². The summed E-state index contributed by atoms with van der Waals surface area (Å²) in [5, 5.41) is 13.1.